The van der Waals surface area contributed by atoms with Gasteiger partial charge in [0.25, 0.3) is 5.91 Å². The van der Waals surface area contributed by atoms with Crippen molar-refractivity contribution in [3.05, 3.63) is 71.0 Å². The highest BCUT2D eigenvalue weighted by atomic mass is 16.5. The van der Waals surface area contributed by atoms with E-state index >= 15 is 0 Å². The zero-order chi connectivity index (χ0) is 21.6. The van der Waals surface area contributed by atoms with Crippen molar-refractivity contribution in [3.63, 3.8) is 0 Å². The van der Waals surface area contributed by atoms with E-state index in [0.29, 0.717) is 24.5 Å². The molecular formula is C24H29N3O4. The highest BCUT2D eigenvalue weighted by molar-refractivity contribution is 5.96. The third-order valence-electron chi connectivity index (χ3n) is 5.84. The van der Waals surface area contributed by atoms with E-state index in [-0.39, 0.29) is 11.9 Å². The van der Waals surface area contributed by atoms with Crippen LogP contribution in [-0.2, 0) is 6.61 Å². The number of aryl methyl sites for hydroxylation is 2. The van der Waals surface area contributed by atoms with E-state index in [2.05, 4.69) is 15.4 Å². The Balaban J connectivity index is 1.44. The summed E-state index contributed by atoms with van der Waals surface area (Å²) in [6.07, 6.45) is 5.28. The summed E-state index contributed by atoms with van der Waals surface area (Å²) in [6, 6.07) is 11.2. The van der Waals surface area contributed by atoms with Gasteiger partial charge in [0, 0.05) is 6.54 Å². The van der Waals surface area contributed by atoms with E-state index < -0.39 is 0 Å². The van der Waals surface area contributed by atoms with Crippen molar-refractivity contribution in [2.45, 2.75) is 45.8 Å². The summed E-state index contributed by atoms with van der Waals surface area (Å²) in [5.41, 5.74) is 2.20. The van der Waals surface area contributed by atoms with Gasteiger partial charge in [-0.1, -0.05) is 23.7 Å². The van der Waals surface area contributed by atoms with Crippen molar-refractivity contribution in [2.24, 2.45) is 0 Å². The number of likely N-dealkylation sites (tertiary alicyclic amines) is 1. The summed E-state index contributed by atoms with van der Waals surface area (Å²) in [5, 5.41) is 7.05. The zero-order valence-corrected chi connectivity index (χ0v) is 18.1. The van der Waals surface area contributed by atoms with Crippen LogP contribution in [0.2, 0.25) is 0 Å². The van der Waals surface area contributed by atoms with Crippen molar-refractivity contribution < 1.29 is 18.5 Å². The highest BCUT2D eigenvalue weighted by Gasteiger charge is 2.25. The molecule has 3 aromatic rings. The molecule has 0 spiro atoms. The third kappa shape index (κ3) is 4.99. The van der Waals surface area contributed by atoms with E-state index in [0.717, 1.165) is 35.9 Å². The number of benzene rings is 1. The van der Waals surface area contributed by atoms with Gasteiger partial charge < -0.3 is 19.0 Å². The van der Waals surface area contributed by atoms with Crippen molar-refractivity contribution >= 4 is 5.91 Å². The second kappa shape index (κ2) is 9.83. The number of rotatable bonds is 8. The Hall–Kier alpha value is -3.06. The van der Waals surface area contributed by atoms with Crippen LogP contribution in [0.3, 0.4) is 0 Å². The molecule has 1 amide bonds. The predicted octanol–water partition coefficient (Wildman–Crippen LogP) is 4.42. The lowest BCUT2D eigenvalue weighted by Crippen LogP contribution is -2.40. The van der Waals surface area contributed by atoms with Crippen LogP contribution in [0, 0.1) is 13.8 Å². The topological polar surface area (TPSA) is 80.7 Å². The smallest absolute Gasteiger partial charge is 0.255 e. The van der Waals surface area contributed by atoms with E-state index in [1.807, 2.05) is 44.2 Å². The largest absolute Gasteiger partial charge is 0.488 e. The zero-order valence-electron chi connectivity index (χ0n) is 18.1. The standard InChI is InChI=1S/C24H29N3O4/c1-17-20(18(2)31-26-17)16-30-22-10-5-4-9-19(22)24(28)25-15-21(23-11-8-14-29-23)27-12-6-3-7-13-27/h4-5,8-11,14,21H,3,6-7,12-13,15-16H2,1-2H3,(H,25,28). The molecule has 3 heterocycles. The number of carbonyl (C=O) groups excluding carboxylic acids is 1. The summed E-state index contributed by atoms with van der Waals surface area (Å²) < 4.78 is 16.8. The molecule has 0 bridgehead atoms. The summed E-state index contributed by atoms with van der Waals surface area (Å²) in [6.45, 7) is 6.53. The Kier molecular flexibility index (Phi) is 6.72. The molecule has 1 fully saturated rings. The molecule has 2 aromatic heterocycles. The van der Waals surface area contributed by atoms with Crippen LogP contribution in [0.5, 0.6) is 5.75 Å². The Bertz CT molecular complexity index is 971. The molecule has 1 N–H and O–H groups in total. The van der Waals surface area contributed by atoms with Crippen molar-refractivity contribution in [3.8, 4) is 5.75 Å². The van der Waals surface area contributed by atoms with Gasteiger partial charge in [-0.05, 0) is 64.0 Å². The number of nitrogens with one attached hydrogen (secondary N) is 1. The van der Waals surface area contributed by atoms with Gasteiger partial charge in [-0.3, -0.25) is 9.69 Å². The third-order valence-corrected chi connectivity index (χ3v) is 5.84. The quantitative estimate of drug-likeness (QED) is 0.578. The number of hydrogen-bond donors (Lipinski definition) is 1. The average molecular weight is 424 g/mol. The van der Waals surface area contributed by atoms with Gasteiger partial charge in [-0.15, -0.1) is 0 Å². The Labute approximate surface area is 182 Å². The number of carbonyl (C=O) groups is 1. The fourth-order valence-corrected chi connectivity index (χ4v) is 4.04. The molecule has 1 aliphatic heterocycles. The van der Waals surface area contributed by atoms with Gasteiger partial charge in [0.05, 0.1) is 29.1 Å². The summed E-state index contributed by atoms with van der Waals surface area (Å²) in [5.74, 6) is 1.97. The number of nitrogens with zero attached hydrogens (tertiary/aromatic N) is 2. The van der Waals surface area contributed by atoms with E-state index in [1.165, 1.54) is 19.3 Å². The number of piperidine rings is 1. The lowest BCUT2D eigenvalue weighted by molar-refractivity contribution is 0.0910. The van der Waals surface area contributed by atoms with Gasteiger partial charge in [-0.2, -0.15) is 0 Å². The molecule has 164 valence electrons. The maximum Gasteiger partial charge on any atom is 0.255 e. The van der Waals surface area contributed by atoms with Crippen LogP contribution in [0.25, 0.3) is 0 Å². The number of hydrogen-bond acceptors (Lipinski definition) is 6. The molecule has 31 heavy (non-hydrogen) atoms. The van der Waals surface area contributed by atoms with Gasteiger partial charge in [0.15, 0.2) is 0 Å². The van der Waals surface area contributed by atoms with Crippen LogP contribution in [-0.4, -0.2) is 35.6 Å². The summed E-state index contributed by atoms with van der Waals surface area (Å²) >= 11 is 0. The van der Waals surface area contributed by atoms with Gasteiger partial charge in [0.2, 0.25) is 0 Å². The molecule has 1 saturated heterocycles. The Morgan fingerprint density at radius 3 is 2.68 bits per heavy atom. The predicted molar refractivity (Wildman–Crippen MR) is 116 cm³/mol. The van der Waals surface area contributed by atoms with E-state index in [4.69, 9.17) is 13.7 Å². The molecular weight excluding hydrogens is 394 g/mol. The van der Waals surface area contributed by atoms with Crippen LogP contribution >= 0.6 is 0 Å². The van der Waals surface area contributed by atoms with Crippen molar-refractivity contribution in [1.29, 1.82) is 0 Å². The fourth-order valence-electron chi connectivity index (χ4n) is 4.04. The van der Waals surface area contributed by atoms with E-state index in [1.54, 1.807) is 12.3 Å². The molecule has 7 nitrogen and oxygen atoms in total. The first-order valence-corrected chi connectivity index (χ1v) is 10.8. The molecule has 1 aliphatic rings. The number of furan rings is 1. The average Bonchev–Trinajstić information content (AvgIpc) is 3.44. The first-order valence-electron chi connectivity index (χ1n) is 10.8. The number of amides is 1. The lowest BCUT2D eigenvalue weighted by atomic mass is 10.1. The number of aromatic nitrogens is 1. The van der Waals surface area contributed by atoms with Crippen LogP contribution < -0.4 is 10.1 Å². The van der Waals surface area contributed by atoms with Crippen molar-refractivity contribution in [2.75, 3.05) is 19.6 Å². The maximum absolute atomic E-state index is 13.0. The monoisotopic (exact) mass is 423 g/mol. The first kappa shape index (κ1) is 21.2. The molecule has 1 unspecified atom stereocenters. The summed E-state index contributed by atoms with van der Waals surface area (Å²) in [4.78, 5) is 15.4. The molecule has 1 atom stereocenters. The minimum atomic E-state index is -0.164. The molecule has 1 aromatic carbocycles. The lowest BCUT2D eigenvalue weighted by Gasteiger charge is -2.33. The van der Waals surface area contributed by atoms with Crippen LogP contribution in [0.15, 0.2) is 51.6 Å². The molecule has 7 heteroatoms. The Morgan fingerprint density at radius 2 is 1.97 bits per heavy atom. The van der Waals surface area contributed by atoms with Crippen LogP contribution in [0.1, 0.15) is 58.4 Å². The maximum atomic E-state index is 13.0. The Morgan fingerprint density at radius 1 is 1.16 bits per heavy atom. The number of ether oxygens (including phenoxy) is 1. The normalized spacial score (nSPS) is 15.5. The van der Waals surface area contributed by atoms with Gasteiger partial charge in [0.1, 0.15) is 23.9 Å². The number of para-hydroxylation sites is 1. The van der Waals surface area contributed by atoms with E-state index in [9.17, 15) is 4.79 Å². The summed E-state index contributed by atoms with van der Waals surface area (Å²) in [7, 11) is 0. The minimum Gasteiger partial charge on any atom is -0.488 e. The van der Waals surface area contributed by atoms with Gasteiger partial charge in [-0.25, -0.2) is 0 Å². The molecule has 4 rings (SSSR count). The van der Waals surface area contributed by atoms with Crippen molar-refractivity contribution in [1.82, 2.24) is 15.4 Å². The second-order valence-electron chi connectivity index (χ2n) is 7.93. The van der Waals surface area contributed by atoms with Crippen LogP contribution in [0.4, 0.5) is 0 Å². The highest BCUT2D eigenvalue weighted by Crippen LogP contribution is 2.26. The van der Waals surface area contributed by atoms with Gasteiger partial charge >= 0.3 is 0 Å². The molecule has 0 aliphatic carbocycles. The molecule has 0 saturated carbocycles. The fraction of sp³-hybridized carbons (Fsp3) is 0.417. The second-order valence-corrected chi connectivity index (χ2v) is 7.93. The SMILES string of the molecule is Cc1noc(C)c1COc1ccccc1C(=O)NCC(c1ccco1)N1CCCCC1. The molecule has 0 radical (unpaired) electrons. The minimum absolute atomic E-state index is 0.0228. The first-order chi connectivity index (χ1) is 15.1.